The summed E-state index contributed by atoms with van der Waals surface area (Å²) < 4.78 is 5.53. The van der Waals surface area contributed by atoms with Gasteiger partial charge in [0.15, 0.2) is 0 Å². The number of rotatable bonds is 3. The number of para-hydroxylation sites is 1. The molecule has 1 aliphatic rings. The van der Waals surface area contributed by atoms with Crippen LogP contribution in [0.2, 0.25) is 5.02 Å². The van der Waals surface area contributed by atoms with Crippen LogP contribution in [0.5, 0.6) is 0 Å². The number of halogens is 1. The van der Waals surface area contributed by atoms with Crippen LogP contribution in [0.25, 0.3) is 0 Å². The summed E-state index contributed by atoms with van der Waals surface area (Å²) in [6.07, 6.45) is 2.43. The van der Waals surface area contributed by atoms with Crippen LogP contribution in [0, 0.1) is 0 Å². The van der Waals surface area contributed by atoms with Crippen molar-refractivity contribution in [3.05, 3.63) is 89.3 Å². The highest BCUT2D eigenvalue weighted by Gasteiger charge is 2.32. The van der Waals surface area contributed by atoms with E-state index in [0.717, 1.165) is 34.2 Å². The second-order valence-corrected chi connectivity index (χ2v) is 5.85. The SMILES string of the molecule is Clc1ccccc1C1CC(c2ccco2)=NN1c1ccccc1. The summed E-state index contributed by atoms with van der Waals surface area (Å²) in [6, 6.07) is 22.0. The average Bonchev–Trinajstić information content (AvgIpc) is 3.26. The number of hydrazone groups is 1. The van der Waals surface area contributed by atoms with Crippen LogP contribution in [0.3, 0.4) is 0 Å². The Hall–Kier alpha value is -2.52. The van der Waals surface area contributed by atoms with E-state index < -0.39 is 0 Å². The molecule has 0 saturated carbocycles. The first kappa shape index (κ1) is 14.1. The van der Waals surface area contributed by atoms with Crippen molar-refractivity contribution >= 4 is 23.0 Å². The van der Waals surface area contributed by atoms with Crippen molar-refractivity contribution in [3.8, 4) is 0 Å². The zero-order valence-electron chi connectivity index (χ0n) is 12.4. The highest BCUT2D eigenvalue weighted by molar-refractivity contribution is 6.31. The number of benzene rings is 2. The van der Waals surface area contributed by atoms with Crippen molar-refractivity contribution in [2.45, 2.75) is 12.5 Å². The molecule has 2 aromatic carbocycles. The maximum atomic E-state index is 6.43. The van der Waals surface area contributed by atoms with E-state index in [9.17, 15) is 0 Å². The van der Waals surface area contributed by atoms with Crippen molar-refractivity contribution in [3.63, 3.8) is 0 Å². The molecule has 0 radical (unpaired) electrons. The van der Waals surface area contributed by atoms with E-state index in [4.69, 9.17) is 21.1 Å². The molecule has 0 bridgehead atoms. The fourth-order valence-corrected chi connectivity index (χ4v) is 3.17. The van der Waals surface area contributed by atoms with Gasteiger partial charge in [-0.05, 0) is 35.9 Å². The third kappa shape index (κ3) is 2.64. The quantitative estimate of drug-likeness (QED) is 0.655. The molecule has 0 fully saturated rings. The highest BCUT2D eigenvalue weighted by Crippen LogP contribution is 2.39. The molecule has 1 unspecified atom stereocenters. The fourth-order valence-electron chi connectivity index (χ4n) is 2.91. The van der Waals surface area contributed by atoms with Crippen molar-refractivity contribution in [2.75, 3.05) is 5.01 Å². The molecule has 3 aromatic rings. The average molecular weight is 323 g/mol. The van der Waals surface area contributed by atoms with Gasteiger partial charge in [-0.25, -0.2) is 0 Å². The first-order valence-corrected chi connectivity index (χ1v) is 7.91. The number of hydrogen-bond acceptors (Lipinski definition) is 3. The van der Waals surface area contributed by atoms with Gasteiger partial charge < -0.3 is 4.42 Å². The third-order valence-electron chi connectivity index (χ3n) is 4.00. The topological polar surface area (TPSA) is 28.7 Å². The molecule has 1 atom stereocenters. The zero-order chi connectivity index (χ0) is 15.6. The van der Waals surface area contributed by atoms with Crippen molar-refractivity contribution in [2.24, 2.45) is 5.10 Å². The van der Waals surface area contributed by atoms with E-state index in [1.807, 2.05) is 53.5 Å². The Bertz CT molecular complexity index is 828. The van der Waals surface area contributed by atoms with E-state index in [0.29, 0.717) is 0 Å². The van der Waals surface area contributed by atoms with Crippen LogP contribution in [-0.2, 0) is 0 Å². The summed E-state index contributed by atoms with van der Waals surface area (Å²) in [4.78, 5) is 0. The Morgan fingerprint density at radius 3 is 2.48 bits per heavy atom. The van der Waals surface area contributed by atoms with Gasteiger partial charge in [-0.2, -0.15) is 5.10 Å². The van der Waals surface area contributed by atoms with Gasteiger partial charge in [0.2, 0.25) is 0 Å². The Labute approximate surface area is 139 Å². The number of furan rings is 1. The molecule has 4 rings (SSSR count). The largest absolute Gasteiger partial charge is 0.463 e. The van der Waals surface area contributed by atoms with Gasteiger partial charge in [0, 0.05) is 11.4 Å². The third-order valence-corrected chi connectivity index (χ3v) is 4.35. The van der Waals surface area contributed by atoms with Crippen molar-refractivity contribution < 1.29 is 4.42 Å². The molecule has 0 amide bonds. The summed E-state index contributed by atoms with van der Waals surface area (Å²) in [5.74, 6) is 0.806. The maximum Gasteiger partial charge on any atom is 0.149 e. The predicted octanol–water partition coefficient (Wildman–Crippen LogP) is 5.29. The van der Waals surface area contributed by atoms with E-state index in [1.165, 1.54) is 0 Å². The smallest absolute Gasteiger partial charge is 0.149 e. The first-order chi connectivity index (χ1) is 11.3. The standard InChI is InChI=1S/C19H15ClN2O/c20-16-10-5-4-9-15(16)18-13-17(19-11-6-12-23-19)21-22(18)14-7-2-1-3-8-14/h1-12,18H,13H2. The summed E-state index contributed by atoms with van der Waals surface area (Å²) in [5.41, 5.74) is 3.05. The molecule has 0 saturated heterocycles. The van der Waals surface area contributed by atoms with Gasteiger partial charge in [-0.15, -0.1) is 0 Å². The monoisotopic (exact) mass is 322 g/mol. The van der Waals surface area contributed by atoms with Gasteiger partial charge in [0.05, 0.1) is 18.0 Å². The molecule has 1 aromatic heterocycles. The predicted molar refractivity (Wildman–Crippen MR) is 93.0 cm³/mol. The van der Waals surface area contributed by atoms with E-state index >= 15 is 0 Å². The normalized spacial score (nSPS) is 17.3. The number of hydrogen-bond donors (Lipinski definition) is 0. The molecule has 2 heterocycles. The van der Waals surface area contributed by atoms with Crippen LogP contribution in [0.1, 0.15) is 23.8 Å². The van der Waals surface area contributed by atoms with Gasteiger partial charge in [0.1, 0.15) is 11.5 Å². The lowest BCUT2D eigenvalue weighted by Crippen LogP contribution is -2.18. The lowest BCUT2D eigenvalue weighted by Gasteiger charge is -2.24. The number of nitrogens with zero attached hydrogens (tertiary/aromatic N) is 2. The summed E-state index contributed by atoms with van der Waals surface area (Å²) in [6.45, 7) is 0. The summed E-state index contributed by atoms with van der Waals surface area (Å²) in [7, 11) is 0. The van der Waals surface area contributed by atoms with Crippen molar-refractivity contribution in [1.82, 2.24) is 0 Å². The molecule has 114 valence electrons. The van der Waals surface area contributed by atoms with Crippen molar-refractivity contribution in [1.29, 1.82) is 0 Å². The molecule has 4 heteroatoms. The zero-order valence-corrected chi connectivity index (χ0v) is 13.1. The Morgan fingerprint density at radius 2 is 1.74 bits per heavy atom. The minimum absolute atomic E-state index is 0.0613. The van der Waals surface area contributed by atoms with Crippen LogP contribution in [0.4, 0.5) is 5.69 Å². The lowest BCUT2D eigenvalue weighted by molar-refractivity contribution is 0.556. The minimum atomic E-state index is 0.0613. The molecular formula is C19H15ClN2O. The molecule has 3 nitrogen and oxygen atoms in total. The molecule has 0 spiro atoms. The van der Waals surface area contributed by atoms with Crippen LogP contribution in [-0.4, -0.2) is 5.71 Å². The lowest BCUT2D eigenvalue weighted by atomic mass is 10.0. The number of anilines is 1. The molecule has 0 aliphatic carbocycles. The van der Waals surface area contributed by atoms with Crippen LogP contribution < -0.4 is 5.01 Å². The van der Waals surface area contributed by atoms with E-state index in [2.05, 4.69) is 18.2 Å². The van der Waals surface area contributed by atoms with Gasteiger partial charge in [-0.1, -0.05) is 48.0 Å². The highest BCUT2D eigenvalue weighted by atomic mass is 35.5. The molecule has 1 aliphatic heterocycles. The molecular weight excluding hydrogens is 308 g/mol. The Morgan fingerprint density at radius 1 is 0.957 bits per heavy atom. The second kappa shape index (κ2) is 5.94. The van der Waals surface area contributed by atoms with E-state index in [1.54, 1.807) is 6.26 Å². The fraction of sp³-hybridized carbons (Fsp3) is 0.105. The summed E-state index contributed by atoms with van der Waals surface area (Å²) >= 11 is 6.43. The molecule has 0 N–H and O–H groups in total. The Balaban J connectivity index is 1.78. The Kier molecular flexibility index (Phi) is 3.64. The molecule has 23 heavy (non-hydrogen) atoms. The first-order valence-electron chi connectivity index (χ1n) is 7.53. The second-order valence-electron chi connectivity index (χ2n) is 5.45. The van der Waals surface area contributed by atoms with Crippen LogP contribution in [0.15, 0.2) is 82.5 Å². The maximum absolute atomic E-state index is 6.43. The van der Waals surface area contributed by atoms with Gasteiger partial charge >= 0.3 is 0 Å². The minimum Gasteiger partial charge on any atom is -0.463 e. The van der Waals surface area contributed by atoms with Crippen LogP contribution >= 0.6 is 11.6 Å². The summed E-state index contributed by atoms with van der Waals surface area (Å²) in [5, 5.41) is 7.58. The van der Waals surface area contributed by atoms with E-state index in [-0.39, 0.29) is 6.04 Å². The van der Waals surface area contributed by atoms with Gasteiger partial charge in [0.25, 0.3) is 0 Å². The van der Waals surface area contributed by atoms with Gasteiger partial charge in [-0.3, -0.25) is 5.01 Å².